The predicted octanol–water partition coefficient (Wildman–Crippen LogP) is 4.12. The molecule has 4 rings (SSSR count). The molecule has 1 unspecified atom stereocenters. The van der Waals surface area contributed by atoms with Crippen molar-refractivity contribution in [2.75, 3.05) is 11.5 Å². The molecule has 26 heavy (non-hydrogen) atoms. The van der Waals surface area contributed by atoms with Gasteiger partial charge in [0.25, 0.3) is 0 Å². The molecule has 0 N–H and O–H groups in total. The third-order valence-corrected chi connectivity index (χ3v) is 6.33. The van der Waals surface area contributed by atoms with Gasteiger partial charge in [0.1, 0.15) is 11.0 Å². The summed E-state index contributed by atoms with van der Waals surface area (Å²) < 4.78 is 7.32. The highest BCUT2D eigenvalue weighted by Gasteiger charge is 2.40. The minimum atomic E-state index is -0.436. The van der Waals surface area contributed by atoms with Gasteiger partial charge in [0.05, 0.1) is 22.5 Å². The van der Waals surface area contributed by atoms with Crippen LogP contribution in [-0.2, 0) is 9.59 Å². The lowest BCUT2D eigenvalue weighted by atomic mass is 10.3. The van der Waals surface area contributed by atoms with Crippen molar-refractivity contribution in [1.82, 2.24) is 4.98 Å². The average Bonchev–Trinajstić information content (AvgIpc) is 3.16. The van der Waals surface area contributed by atoms with Gasteiger partial charge in [-0.2, -0.15) is 0 Å². The molecule has 2 amide bonds. The molecular formula is C19H16N2O3S2. The quantitative estimate of drug-likeness (QED) is 0.619. The second kappa shape index (κ2) is 7.09. The van der Waals surface area contributed by atoms with Gasteiger partial charge >= 0.3 is 0 Å². The number of nitrogens with zero attached hydrogens (tertiary/aromatic N) is 2. The van der Waals surface area contributed by atoms with E-state index in [1.54, 1.807) is 12.1 Å². The summed E-state index contributed by atoms with van der Waals surface area (Å²) >= 11 is 2.89. The molecule has 0 saturated carbocycles. The molecule has 1 aromatic heterocycles. The number of carbonyl (C=O) groups is 2. The number of ether oxygens (including phenoxy) is 1. The normalized spacial score (nSPS) is 17.3. The Morgan fingerprint density at radius 2 is 2.04 bits per heavy atom. The third kappa shape index (κ3) is 3.20. The molecule has 1 aliphatic heterocycles. The van der Waals surface area contributed by atoms with E-state index in [9.17, 15) is 9.59 Å². The molecule has 0 spiro atoms. The number of thiazole rings is 1. The van der Waals surface area contributed by atoms with E-state index >= 15 is 0 Å². The number of thioether (sulfide) groups is 1. The van der Waals surface area contributed by atoms with Crippen molar-refractivity contribution in [2.24, 2.45) is 0 Å². The highest BCUT2D eigenvalue weighted by Crippen LogP contribution is 2.38. The molecule has 0 bridgehead atoms. The Kier molecular flexibility index (Phi) is 4.65. The van der Waals surface area contributed by atoms with Gasteiger partial charge < -0.3 is 4.74 Å². The average molecular weight is 384 g/mol. The maximum atomic E-state index is 12.7. The van der Waals surface area contributed by atoms with Crippen LogP contribution >= 0.6 is 23.1 Å². The van der Waals surface area contributed by atoms with E-state index in [2.05, 4.69) is 4.98 Å². The largest absolute Gasteiger partial charge is 0.494 e. The van der Waals surface area contributed by atoms with Crippen molar-refractivity contribution >= 4 is 50.8 Å². The van der Waals surface area contributed by atoms with Gasteiger partial charge in [-0.05, 0) is 31.2 Å². The summed E-state index contributed by atoms with van der Waals surface area (Å²) in [5.41, 5.74) is 1.47. The fraction of sp³-hybridized carbons (Fsp3) is 0.211. The number of para-hydroxylation sites is 1. The van der Waals surface area contributed by atoms with Crippen molar-refractivity contribution in [3.05, 3.63) is 48.5 Å². The van der Waals surface area contributed by atoms with Crippen LogP contribution in [0.3, 0.4) is 0 Å². The molecule has 3 aromatic rings. The molecule has 0 aliphatic carbocycles. The monoisotopic (exact) mass is 384 g/mol. The summed E-state index contributed by atoms with van der Waals surface area (Å²) in [6.45, 7) is 2.54. The lowest BCUT2D eigenvalue weighted by molar-refractivity contribution is -0.121. The van der Waals surface area contributed by atoms with Crippen LogP contribution in [0.1, 0.15) is 13.3 Å². The fourth-order valence-corrected chi connectivity index (χ4v) is 5.17. The van der Waals surface area contributed by atoms with Crippen LogP contribution in [0.25, 0.3) is 10.2 Å². The van der Waals surface area contributed by atoms with Crippen molar-refractivity contribution in [2.45, 2.75) is 22.9 Å². The van der Waals surface area contributed by atoms with Crippen LogP contribution in [0.4, 0.5) is 5.69 Å². The van der Waals surface area contributed by atoms with E-state index in [1.165, 1.54) is 28.0 Å². The Morgan fingerprint density at radius 1 is 1.23 bits per heavy atom. The topological polar surface area (TPSA) is 59.5 Å². The van der Waals surface area contributed by atoms with Crippen LogP contribution in [0.15, 0.2) is 52.9 Å². The lowest BCUT2D eigenvalue weighted by Crippen LogP contribution is -2.30. The number of hydrogen-bond acceptors (Lipinski definition) is 6. The Hall–Kier alpha value is -2.38. The minimum absolute atomic E-state index is 0.168. The second-order valence-corrected chi connectivity index (χ2v) is 8.24. The van der Waals surface area contributed by atoms with E-state index in [1.807, 2.05) is 43.3 Å². The summed E-state index contributed by atoms with van der Waals surface area (Å²) in [5.74, 6) is 0.433. The molecule has 2 aromatic carbocycles. The number of fused-ring (bicyclic) bond motifs is 1. The summed E-state index contributed by atoms with van der Waals surface area (Å²) in [6, 6.07) is 14.8. The fourth-order valence-electron chi connectivity index (χ4n) is 2.86. The van der Waals surface area contributed by atoms with Gasteiger partial charge in [0, 0.05) is 12.5 Å². The van der Waals surface area contributed by atoms with Gasteiger partial charge in [-0.1, -0.05) is 30.0 Å². The number of benzene rings is 2. The maximum Gasteiger partial charge on any atom is 0.247 e. The van der Waals surface area contributed by atoms with Gasteiger partial charge in [0.15, 0.2) is 4.34 Å². The summed E-state index contributed by atoms with van der Waals surface area (Å²) in [7, 11) is 0. The van der Waals surface area contributed by atoms with E-state index in [0.29, 0.717) is 12.3 Å². The van der Waals surface area contributed by atoms with Gasteiger partial charge in [-0.3, -0.25) is 9.59 Å². The Labute approximate surface area is 159 Å². The van der Waals surface area contributed by atoms with Gasteiger partial charge in [0.2, 0.25) is 11.8 Å². The van der Waals surface area contributed by atoms with Crippen molar-refractivity contribution in [1.29, 1.82) is 0 Å². The minimum Gasteiger partial charge on any atom is -0.494 e. The first kappa shape index (κ1) is 17.1. The molecule has 132 valence electrons. The van der Waals surface area contributed by atoms with Crippen LogP contribution < -0.4 is 9.64 Å². The van der Waals surface area contributed by atoms with Crippen molar-refractivity contribution in [3.63, 3.8) is 0 Å². The summed E-state index contributed by atoms with van der Waals surface area (Å²) in [4.78, 5) is 30.9. The Balaban J connectivity index is 1.55. The van der Waals surface area contributed by atoms with Crippen LogP contribution in [0, 0.1) is 0 Å². The second-order valence-electron chi connectivity index (χ2n) is 5.76. The first-order chi connectivity index (χ1) is 12.7. The number of imide groups is 1. The molecule has 1 saturated heterocycles. The highest BCUT2D eigenvalue weighted by molar-refractivity contribution is 8.02. The van der Waals surface area contributed by atoms with Gasteiger partial charge in [-0.15, -0.1) is 11.3 Å². The van der Waals surface area contributed by atoms with Crippen molar-refractivity contribution < 1.29 is 14.3 Å². The first-order valence-corrected chi connectivity index (χ1v) is 9.97. The predicted molar refractivity (Wildman–Crippen MR) is 104 cm³/mol. The summed E-state index contributed by atoms with van der Waals surface area (Å²) in [6.07, 6.45) is 0.193. The van der Waals surface area contributed by atoms with E-state index in [-0.39, 0.29) is 18.2 Å². The molecule has 1 fully saturated rings. The number of amides is 2. The lowest BCUT2D eigenvalue weighted by Gasteiger charge is -2.14. The zero-order chi connectivity index (χ0) is 18.1. The van der Waals surface area contributed by atoms with E-state index in [4.69, 9.17) is 4.74 Å². The molecule has 1 aliphatic rings. The van der Waals surface area contributed by atoms with Gasteiger partial charge in [-0.25, -0.2) is 9.88 Å². The number of aromatic nitrogens is 1. The van der Waals surface area contributed by atoms with Crippen LogP contribution in [-0.4, -0.2) is 28.7 Å². The molecule has 7 heteroatoms. The maximum absolute atomic E-state index is 12.7. The van der Waals surface area contributed by atoms with E-state index < -0.39 is 5.25 Å². The molecular weight excluding hydrogens is 368 g/mol. The number of hydrogen-bond donors (Lipinski definition) is 0. The first-order valence-electron chi connectivity index (χ1n) is 8.27. The number of rotatable bonds is 5. The SMILES string of the molecule is CCOc1ccc2sc(SC3CC(=O)N(c4ccccc4)C3=O)nc2c1. The zero-order valence-corrected chi connectivity index (χ0v) is 15.7. The van der Waals surface area contributed by atoms with E-state index in [0.717, 1.165) is 20.3 Å². The molecule has 1 atom stereocenters. The highest BCUT2D eigenvalue weighted by atomic mass is 32.2. The number of carbonyl (C=O) groups excluding carboxylic acids is 2. The van der Waals surface area contributed by atoms with Crippen molar-refractivity contribution in [3.8, 4) is 5.75 Å². The zero-order valence-electron chi connectivity index (χ0n) is 14.0. The smallest absolute Gasteiger partial charge is 0.247 e. The Morgan fingerprint density at radius 3 is 2.81 bits per heavy atom. The standard InChI is InChI=1S/C19H16N2O3S2/c1-2-24-13-8-9-15-14(10-13)20-19(25-15)26-16-11-17(22)21(18(16)23)12-6-4-3-5-7-12/h3-10,16H,2,11H2,1H3. The molecule has 5 nitrogen and oxygen atoms in total. The molecule has 2 heterocycles. The third-order valence-electron chi connectivity index (χ3n) is 4.01. The van der Waals surface area contributed by atoms with Crippen LogP contribution in [0.2, 0.25) is 0 Å². The summed E-state index contributed by atoms with van der Waals surface area (Å²) in [5, 5.41) is -0.436. The number of anilines is 1. The van der Waals surface area contributed by atoms with Crippen LogP contribution in [0.5, 0.6) is 5.75 Å². The molecule has 0 radical (unpaired) electrons. The Bertz CT molecular complexity index is 971.